The molecule has 0 bridgehead atoms. The molecule has 2 heterocycles. The van der Waals surface area contributed by atoms with Crippen LogP contribution >= 0.6 is 0 Å². The molecular weight excluding hydrogens is 272 g/mol. The standard InChI is InChI=1S/C15H16N2O4/c18-9-13-6-14(16-21-13)12-7-17(8-12)15(19)20-10-11-4-2-1-3-5-11/h1-6,12,18H,7-10H2. The summed E-state index contributed by atoms with van der Waals surface area (Å²) in [5.41, 5.74) is 1.73. The van der Waals surface area contributed by atoms with Crippen LogP contribution in [-0.4, -0.2) is 34.3 Å². The lowest BCUT2D eigenvalue weighted by Crippen LogP contribution is -2.48. The van der Waals surface area contributed by atoms with Crippen molar-refractivity contribution in [1.29, 1.82) is 0 Å². The minimum Gasteiger partial charge on any atom is -0.445 e. The SMILES string of the molecule is O=C(OCc1ccccc1)N1CC(c2cc(CO)on2)C1. The van der Waals surface area contributed by atoms with Crippen molar-refractivity contribution in [3.8, 4) is 0 Å². The summed E-state index contributed by atoms with van der Waals surface area (Å²) in [4.78, 5) is 13.5. The van der Waals surface area contributed by atoms with Gasteiger partial charge in [-0.15, -0.1) is 0 Å². The van der Waals surface area contributed by atoms with E-state index in [1.807, 2.05) is 30.3 Å². The van der Waals surface area contributed by atoms with Gasteiger partial charge in [-0.05, 0) is 5.56 Å². The Morgan fingerprint density at radius 1 is 1.38 bits per heavy atom. The second-order valence-corrected chi connectivity index (χ2v) is 5.02. The number of aliphatic hydroxyl groups is 1. The molecule has 0 saturated carbocycles. The number of carbonyl (C=O) groups excluding carboxylic acids is 1. The number of ether oxygens (including phenoxy) is 1. The molecule has 0 spiro atoms. The zero-order valence-corrected chi connectivity index (χ0v) is 11.4. The van der Waals surface area contributed by atoms with Crippen molar-refractivity contribution < 1.29 is 19.2 Å². The molecule has 110 valence electrons. The van der Waals surface area contributed by atoms with Crippen molar-refractivity contribution >= 4 is 6.09 Å². The Morgan fingerprint density at radius 3 is 2.81 bits per heavy atom. The largest absolute Gasteiger partial charge is 0.445 e. The Morgan fingerprint density at radius 2 is 2.14 bits per heavy atom. The molecule has 21 heavy (non-hydrogen) atoms. The zero-order valence-electron chi connectivity index (χ0n) is 11.4. The van der Waals surface area contributed by atoms with Gasteiger partial charge in [-0.1, -0.05) is 35.5 Å². The van der Waals surface area contributed by atoms with E-state index in [4.69, 9.17) is 14.4 Å². The van der Waals surface area contributed by atoms with Gasteiger partial charge in [0.25, 0.3) is 0 Å². The third-order valence-corrected chi connectivity index (χ3v) is 3.50. The fourth-order valence-electron chi connectivity index (χ4n) is 2.22. The number of benzene rings is 1. The van der Waals surface area contributed by atoms with Crippen LogP contribution in [0.15, 0.2) is 40.9 Å². The van der Waals surface area contributed by atoms with Crippen LogP contribution in [-0.2, 0) is 18.0 Å². The van der Waals surface area contributed by atoms with Crippen molar-refractivity contribution in [2.45, 2.75) is 19.1 Å². The van der Waals surface area contributed by atoms with Gasteiger partial charge >= 0.3 is 6.09 Å². The molecule has 1 aliphatic rings. The fourth-order valence-corrected chi connectivity index (χ4v) is 2.22. The number of likely N-dealkylation sites (tertiary alicyclic amines) is 1. The van der Waals surface area contributed by atoms with Gasteiger partial charge in [-0.3, -0.25) is 0 Å². The Kier molecular flexibility index (Phi) is 3.87. The first-order valence-corrected chi connectivity index (χ1v) is 6.78. The fraction of sp³-hybridized carbons (Fsp3) is 0.333. The maximum Gasteiger partial charge on any atom is 0.410 e. The molecular formula is C15H16N2O4. The normalized spacial score (nSPS) is 14.8. The maximum atomic E-state index is 11.9. The summed E-state index contributed by atoms with van der Waals surface area (Å²) in [7, 11) is 0. The minimum absolute atomic E-state index is 0.151. The molecule has 1 N–H and O–H groups in total. The van der Waals surface area contributed by atoms with E-state index >= 15 is 0 Å². The predicted octanol–water partition coefficient (Wildman–Crippen LogP) is 1.90. The third-order valence-electron chi connectivity index (χ3n) is 3.50. The molecule has 1 fully saturated rings. The van der Waals surface area contributed by atoms with Crippen molar-refractivity contribution in [3.63, 3.8) is 0 Å². The molecule has 0 unspecified atom stereocenters. The molecule has 1 saturated heterocycles. The number of rotatable bonds is 4. The summed E-state index contributed by atoms with van der Waals surface area (Å²) in [6, 6.07) is 11.3. The summed E-state index contributed by atoms with van der Waals surface area (Å²) in [6.07, 6.45) is -0.319. The predicted molar refractivity (Wildman–Crippen MR) is 73.4 cm³/mol. The van der Waals surface area contributed by atoms with Gasteiger partial charge in [-0.2, -0.15) is 0 Å². The van der Waals surface area contributed by atoms with Crippen LogP contribution in [0.5, 0.6) is 0 Å². The molecule has 1 aliphatic heterocycles. The molecule has 0 radical (unpaired) electrons. The second-order valence-electron chi connectivity index (χ2n) is 5.02. The molecule has 1 aromatic carbocycles. The number of amides is 1. The first-order chi connectivity index (χ1) is 10.3. The van der Waals surface area contributed by atoms with Gasteiger partial charge < -0.3 is 19.3 Å². The lowest BCUT2D eigenvalue weighted by atomic mass is 9.97. The van der Waals surface area contributed by atoms with E-state index < -0.39 is 0 Å². The van der Waals surface area contributed by atoms with Crippen molar-refractivity contribution in [2.75, 3.05) is 13.1 Å². The van der Waals surface area contributed by atoms with Crippen LogP contribution in [0, 0.1) is 0 Å². The summed E-state index contributed by atoms with van der Waals surface area (Å²) in [6.45, 7) is 1.23. The first kappa shape index (κ1) is 13.6. The number of hydrogen-bond donors (Lipinski definition) is 1. The molecule has 1 aromatic heterocycles. The quantitative estimate of drug-likeness (QED) is 0.930. The zero-order chi connectivity index (χ0) is 14.7. The second kappa shape index (κ2) is 5.97. The van der Waals surface area contributed by atoms with Gasteiger partial charge in [0.2, 0.25) is 0 Å². The molecule has 6 nitrogen and oxygen atoms in total. The minimum atomic E-state index is -0.319. The average Bonchev–Trinajstić information content (AvgIpc) is 2.93. The molecule has 6 heteroatoms. The van der Waals surface area contributed by atoms with E-state index in [2.05, 4.69) is 5.16 Å². The van der Waals surface area contributed by atoms with Crippen LogP contribution in [0.3, 0.4) is 0 Å². The Labute approximate surface area is 121 Å². The topological polar surface area (TPSA) is 75.8 Å². The van der Waals surface area contributed by atoms with Gasteiger partial charge in [0.05, 0.1) is 5.69 Å². The van der Waals surface area contributed by atoms with Gasteiger partial charge in [-0.25, -0.2) is 4.79 Å². The molecule has 0 aliphatic carbocycles. The summed E-state index contributed by atoms with van der Waals surface area (Å²) >= 11 is 0. The Balaban J connectivity index is 1.46. The highest BCUT2D eigenvalue weighted by Crippen LogP contribution is 2.27. The highest BCUT2D eigenvalue weighted by Gasteiger charge is 2.34. The van der Waals surface area contributed by atoms with Gasteiger partial charge in [0, 0.05) is 25.1 Å². The monoisotopic (exact) mass is 288 g/mol. The van der Waals surface area contributed by atoms with Crippen molar-refractivity contribution in [2.24, 2.45) is 0 Å². The van der Waals surface area contributed by atoms with E-state index in [1.165, 1.54) is 0 Å². The number of aliphatic hydroxyl groups excluding tert-OH is 1. The van der Waals surface area contributed by atoms with Gasteiger partial charge in [0.1, 0.15) is 13.2 Å². The maximum absolute atomic E-state index is 11.9. The summed E-state index contributed by atoms with van der Waals surface area (Å²) < 4.78 is 10.2. The van der Waals surface area contributed by atoms with Crippen LogP contribution in [0.1, 0.15) is 22.9 Å². The molecule has 1 amide bonds. The van der Waals surface area contributed by atoms with Gasteiger partial charge in [0.15, 0.2) is 5.76 Å². The molecule has 3 rings (SSSR count). The van der Waals surface area contributed by atoms with Crippen molar-refractivity contribution in [1.82, 2.24) is 10.1 Å². The highest BCUT2D eigenvalue weighted by molar-refractivity contribution is 5.69. The van der Waals surface area contributed by atoms with E-state index in [9.17, 15) is 4.79 Å². The van der Waals surface area contributed by atoms with Crippen LogP contribution in [0.2, 0.25) is 0 Å². The lowest BCUT2D eigenvalue weighted by molar-refractivity contribution is 0.0651. The number of hydrogen-bond acceptors (Lipinski definition) is 5. The van der Waals surface area contributed by atoms with Crippen LogP contribution in [0.4, 0.5) is 4.79 Å². The van der Waals surface area contributed by atoms with Crippen LogP contribution < -0.4 is 0 Å². The average molecular weight is 288 g/mol. The summed E-state index contributed by atoms with van der Waals surface area (Å²) in [5.74, 6) is 0.591. The van der Waals surface area contributed by atoms with E-state index in [0.29, 0.717) is 18.8 Å². The number of carbonyl (C=O) groups is 1. The lowest BCUT2D eigenvalue weighted by Gasteiger charge is -2.36. The highest BCUT2D eigenvalue weighted by atomic mass is 16.6. The van der Waals surface area contributed by atoms with Crippen LogP contribution in [0.25, 0.3) is 0 Å². The van der Waals surface area contributed by atoms with E-state index in [1.54, 1.807) is 11.0 Å². The van der Waals surface area contributed by atoms with E-state index in [-0.39, 0.29) is 25.2 Å². The molecule has 2 aromatic rings. The number of nitrogens with zero attached hydrogens (tertiary/aromatic N) is 2. The van der Waals surface area contributed by atoms with Crippen molar-refractivity contribution in [3.05, 3.63) is 53.4 Å². The third kappa shape index (κ3) is 3.05. The first-order valence-electron chi connectivity index (χ1n) is 6.78. The summed E-state index contributed by atoms with van der Waals surface area (Å²) in [5, 5.41) is 12.8. The Hall–Kier alpha value is -2.34. The Bertz CT molecular complexity index is 605. The molecule has 0 atom stereocenters. The number of aromatic nitrogens is 1. The smallest absolute Gasteiger partial charge is 0.410 e. The van der Waals surface area contributed by atoms with E-state index in [0.717, 1.165) is 11.3 Å².